The fourth-order valence-corrected chi connectivity index (χ4v) is 4.86. The van der Waals surface area contributed by atoms with Gasteiger partial charge < -0.3 is 9.84 Å². The van der Waals surface area contributed by atoms with E-state index in [2.05, 4.69) is 20.4 Å². The van der Waals surface area contributed by atoms with Crippen LogP contribution in [0.5, 0.6) is 0 Å². The summed E-state index contributed by atoms with van der Waals surface area (Å²) >= 11 is 1.31. The third kappa shape index (κ3) is 4.01. The smallest absolute Gasteiger partial charge is 0.268 e. The summed E-state index contributed by atoms with van der Waals surface area (Å²) in [6.07, 6.45) is 1.40. The molecule has 0 saturated carbocycles. The molecule has 0 aliphatic carbocycles. The Morgan fingerprint density at radius 1 is 1.12 bits per heavy atom. The molecule has 5 aromatic rings. The Labute approximate surface area is 198 Å². The molecule has 0 unspecified atom stereocenters. The second-order valence-electron chi connectivity index (χ2n) is 8.07. The van der Waals surface area contributed by atoms with Crippen molar-refractivity contribution in [1.82, 2.24) is 19.7 Å². The zero-order chi connectivity index (χ0) is 23.8. The Morgan fingerprint density at radius 3 is 2.68 bits per heavy atom. The first-order valence-corrected chi connectivity index (χ1v) is 11.5. The number of carbonyl (C=O) groups excluding carboxylic acids is 1. The highest BCUT2D eigenvalue weighted by Crippen LogP contribution is 2.35. The quantitative estimate of drug-likeness (QED) is 0.397. The number of hydrogen-bond donors (Lipinski definition) is 1. The minimum absolute atomic E-state index is 0.140. The van der Waals surface area contributed by atoms with E-state index in [4.69, 9.17) is 4.52 Å². The van der Waals surface area contributed by atoms with Crippen LogP contribution in [0.2, 0.25) is 0 Å². The van der Waals surface area contributed by atoms with E-state index >= 15 is 0 Å². The van der Waals surface area contributed by atoms with Crippen LogP contribution in [-0.4, -0.2) is 25.6 Å². The van der Waals surface area contributed by atoms with Crippen LogP contribution >= 0.6 is 11.3 Å². The second-order valence-corrected chi connectivity index (χ2v) is 9.07. The number of benzene rings is 2. The molecule has 0 aliphatic heterocycles. The van der Waals surface area contributed by atoms with E-state index in [0.717, 1.165) is 22.4 Å². The number of thiophene rings is 1. The summed E-state index contributed by atoms with van der Waals surface area (Å²) < 4.78 is 6.80. The lowest BCUT2D eigenvalue weighted by molar-refractivity contribution is -0.116. The van der Waals surface area contributed by atoms with E-state index < -0.39 is 0 Å². The normalized spacial score (nSPS) is 11.1. The summed E-state index contributed by atoms with van der Waals surface area (Å²) in [4.78, 5) is 36.0. The van der Waals surface area contributed by atoms with Crippen molar-refractivity contribution < 1.29 is 9.32 Å². The van der Waals surface area contributed by atoms with E-state index in [1.165, 1.54) is 22.2 Å². The second kappa shape index (κ2) is 8.68. The number of rotatable bonds is 5. The fraction of sp³-hybridized carbons (Fsp3) is 0.160. The summed E-state index contributed by atoms with van der Waals surface area (Å²) in [7, 11) is 0. The number of amides is 1. The van der Waals surface area contributed by atoms with Gasteiger partial charge in [0, 0.05) is 11.3 Å². The molecule has 1 amide bonds. The van der Waals surface area contributed by atoms with Gasteiger partial charge in [0.1, 0.15) is 11.4 Å². The monoisotopic (exact) mass is 471 g/mol. The van der Waals surface area contributed by atoms with Gasteiger partial charge in [0.2, 0.25) is 11.7 Å². The number of carbonyl (C=O) groups is 1. The molecule has 0 radical (unpaired) electrons. The van der Waals surface area contributed by atoms with E-state index in [-0.39, 0.29) is 18.0 Å². The van der Waals surface area contributed by atoms with Crippen LogP contribution in [0.25, 0.3) is 32.4 Å². The average Bonchev–Trinajstić information content (AvgIpc) is 3.43. The number of nitrogens with zero attached hydrogens (tertiary/aromatic N) is 4. The molecule has 0 fully saturated rings. The minimum atomic E-state index is -0.298. The molecule has 9 heteroatoms. The van der Waals surface area contributed by atoms with E-state index in [9.17, 15) is 9.59 Å². The largest absolute Gasteiger partial charge is 0.333 e. The molecule has 1 N–H and O–H groups in total. The lowest BCUT2D eigenvalue weighted by atomic mass is 10.1. The third-order valence-corrected chi connectivity index (χ3v) is 6.73. The van der Waals surface area contributed by atoms with Gasteiger partial charge in [0.05, 0.1) is 16.6 Å². The molecule has 0 aliphatic rings. The molecule has 0 saturated heterocycles. The fourth-order valence-electron chi connectivity index (χ4n) is 3.79. The van der Waals surface area contributed by atoms with Gasteiger partial charge in [-0.3, -0.25) is 14.2 Å². The van der Waals surface area contributed by atoms with E-state index in [1.54, 1.807) is 0 Å². The summed E-state index contributed by atoms with van der Waals surface area (Å²) in [5.41, 5.74) is 4.04. The Kier molecular flexibility index (Phi) is 5.54. The van der Waals surface area contributed by atoms with Gasteiger partial charge in [-0.15, -0.1) is 11.3 Å². The molecule has 0 spiro atoms. The van der Waals surface area contributed by atoms with Crippen molar-refractivity contribution in [3.63, 3.8) is 0 Å². The Bertz CT molecular complexity index is 1580. The molecule has 0 atom stereocenters. The number of aromatic nitrogens is 4. The maximum Gasteiger partial charge on any atom is 0.268 e. The zero-order valence-electron chi connectivity index (χ0n) is 18.8. The number of hydrogen-bond acceptors (Lipinski definition) is 7. The van der Waals surface area contributed by atoms with Crippen LogP contribution < -0.4 is 10.9 Å². The summed E-state index contributed by atoms with van der Waals surface area (Å²) in [6.45, 7) is 5.61. The van der Waals surface area contributed by atoms with E-state index in [0.29, 0.717) is 32.4 Å². The number of nitrogens with one attached hydrogen (secondary N) is 1. The Hall–Kier alpha value is -4.11. The average molecular weight is 472 g/mol. The first-order chi connectivity index (χ1) is 16.4. The summed E-state index contributed by atoms with van der Waals surface area (Å²) in [6, 6.07) is 15.3. The van der Waals surface area contributed by atoms with Gasteiger partial charge in [-0.2, -0.15) is 4.98 Å². The lowest BCUT2D eigenvalue weighted by Gasteiger charge is -2.10. The predicted molar refractivity (Wildman–Crippen MR) is 132 cm³/mol. The van der Waals surface area contributed by atoms with Crippen LogP contribution in [0.4, 0.5) is 5.69 Å². The first kappa shape index (κ1) is 21.7. The van der Waals surface area contributed by atoms with Crippen LogP contribution in [0.3, 0.4) is 0 Å². The van der Waals surface area contributed by atoms with E-state index in [1.807, 2.05) is 69.3 Å². The first-order valence-electron chi connectivity index (χ1n) is 10.7. The third-order valence-electron chi connectivity index (χ3n) is 5.54. The number of fused-ring (bicyclic) bond motifs is 1. The SMILES string of the molecule is Cc1ccc(NC(=O)Cn2cnc3sc(-c4nc(-c5ccccc5)no4)c(C)c3c2=O)c(C)c1. The molecule has 5 rings (SSSR count). The molecule has 34 heavy (non-hydrogen) atoms. The molecular formula is C25H21N5O3S. The Balaban J connectivity index is 1.44. The van der Waals surface area contributed by atoms with Crippen molar-refractivity contribution in [1.29, 1.82) is 0 Å². The van der Waals surface area contributed by atoms with Crippen molar-refractivity contribution >= 4 is 33.1 Å². The van der Waals surface area contributed by atoms with Crippen molar-refractivity contribution in [3.05, 3.63) is 81.9 Å². The minimum Gasteiger partial charge on any atom is -0.333 e. The molecule has 0 bridgehead atoms. The number of anilines is 1. The maximum atomic E-state index is 13.2. The molecular weight excluding hydrogens is 450 g/mol. The van der Waals surface area contributed by atoms with Crippen LogP contribution in [0, 0.1) is 20.8 Å². The van der Waals surface area contributed by atoms with Gasteiger partial charge in [0.25, 0.3) is 11.4 Å². The van der Waals surface area contributed by atoms with Gasteiger partial charge in [-0.1, -0.05) is 53.2 Å². The molecule has 170 valence electrons. The highest BCUT2D eigenvalue weighted by Gasteiger charge is 2.21. The number of aryl methyl sites for hydroxylation is 3. The van der Waals surface area contributed by atoms with Gasteiger partial charge in [-0.05, 0) is 38.0 Å². The van der Waals surface area contributed by atoms with Gasteiger partial charge >= 0.3 is 0 Å². The van der Waals surface area contributed by atoms with Crippen molar-refractivity contribution in [3.8, 4) is 22.2 Å². The molecule has 3 heterocycles. The van der Waals surface area contributed by atoms with Crippen LogP contribution in [0.15, 0.2) is 64.2 Å². The molecule has 2 aromatic carbocycles. The highest BCUT2D eigenvalue weighted by molar-refractivity contribution is 7.22. The molecule has 3 aromatic heterocycles. The lowest BCUT2D eigenvalue weighted by Crippen LogP contribution is -2.28. The predicted octanol–water partition coefficient (Wildman–Crippen LogP) is 4.74. The highest BCUT2D eigenvalue weighted by atomic mass is 32.1. The van der Waals surface area contributed by atoms with Gasteiger partial charge in [0.15, 0.2) is 0 Å². The topological polar surface area (TPSA) is 103 Å². The van der Waals surface area contributed by atoms with Crippen molar-refractivity contribution in [2.45, 2.75) is 27.3 Å². The summed E-state index contributed by atoms with van der Waals surface area (Å²) in [5.74, 6) is 0.506. The molecule has 8 nitrogen and oxygen atoms in total. The maximum absolute atomic E-state index is 13.2. The van der Waals surface area contributed by atoms with Gasteiger partial charge in [-0.25, -0.2) is 4.98 Å². The summed E-state index contributed by atoms with van der Waals surface area (Å²) in [5, 5.41) is 7.38. The Morgan fingerprint density at radius 2 is 1.91 bits per heavy atom. The zero-order valence-corrected chi connectivity index (χ0v) is 19.6. The van der Waals surface area contributed by atoms with Crippen molar-refractivity contribution in [2.24, 2.45) is 0 Å². The van der Waals surface area contributed by atoms with Crippen molar-refractivity contribution in [2.75, 3.05) is 5.32 Å². The van der Waals surface area contributed by atoms with Crippen LogP contribution in [-0.2, 0) is 11.3 Å². The van der Waals surface area contributed by atoms with Crippen LogP contribution in [0.1, 0.15) is 16.7 Å². The standard InChI is InChI=1S/C25H21N5O3S/c1-14-9-10-18(15(2)11-14)27-19(31)12-30-13-26-24-20(25(30)32)16(3)21(34-24)23-28-22(29-33-23)17-7-5-4-6-8-17/h4-11,13H,12H2,1-3H3,(H,27,31).